The maximum atomic E-state index is 12.8. The van der Waals surface area contributed by atoms with Crippen LogP contribution < -0.4 is 5.32 Å². The molecule has 1 aliphatic heterocycles. The van der Waals surface area contributed by atoms with Gasteiger partial charge in [0.15, 0.2) is 9.84 Å². The highest BCUT2D eigenvalue weighted by Crippen LogP contribution is 2.25. The third kappa shape index (κ3) is 3.61. The van der Waals surface area contributed by atoms with E-state index in [0.717, 1.165) is 23.9 Å². The lowest BCUT2D eigenvalue weighted by Crippen LogP contribution is -2.50. The summed E-state index contributed by atoms with van der Waals surface area (Å²) in [6, 6.07) is 6.83. The van der Waals surface area contributed by atoms with Gasteiger partial charge < -0.3 is 10.1 Å². The van der Waals surface area contributed by atoms with E-state index in [1.165, 1.54) is 0 Å². The predicted octanol–water partition coefficient (Wildman–Crippen LogP) is 2.38. The van der Waals surface area contributed by atoms with Crippen molar-refractivity contribution in [2.45, 2.75) is 36.0 Å². The number of ether oxygens (including phenoxy) is 1. The third-order valence-corrected chi connectivity index (χ3v) is 6.15. The van der Waals surface area contributed by atoms with Crippen molar-refractivity contribution < 1.29 is 13.2 Å². The molecular weight excluding hydrogens is 342 g/mol. The Bertz CT molecular complexity index is 547. The number of rotatable bonds is 5. The van der Waals surface area contributed by atoms with Gasteiger partial charge in [-0.3, -0.25) is 0 Å². The number of hydrogen-bond donors (Lipinski definition) is 1. The summed E-state index contributed by atoms with van der Waals surface area (Å²) in [7, 11) is -3.38. The second kappa shape index (κ2) is 7.02. The van der Waals surface area contributed by atoms with E-state index in [0.29, 0.717) is 11.5 Å². The molecule has 1 N–H and O–H groups in total. The molecule has 2 rings (SSSR count). The zero-order valence-electron chi connectivity index (χ0n) is 11.5. The summed E-state index contributed by atoms with van der Waals surface area (Å²) in [6.45, 7) is 3.78. The van der Waals surface area contributed by atoms with Crippen LogP contribution in [-0.2, 0) is 14.6 Å². The molecule has 1 aromatic carbocycles. The first-order chi connectivity index (χ1) is 9.55. The minimum atomic E-state index is -3.38. The highest BCUT2D eigenvalue weighted by Gasteiger charge is 2.37. The van der Waals surface area contributed by atoms with Crippen molar-refractivity contribution in [3.8, 4) is 0 Å². The first-order valence-electron chi connectivity index (χ1n) is 6.86. The molecule has 0 bridgehead atoms. The molecule has 0 aliphatic carbocycles. The number of nitrogens with one attached hydrogen (secondary N) is 1. The van der Waals surface area contributed by atoms with E-state index in [9.17, 15) is 8.42 Å². The SMILES string of the molecule is CCCNC1CCOCC1S(=O)(=O)c1cccc(Br)c1. The Hall–Kier alpha value is -0.430. The fourth-order valence-corrected chi connectivity index (χ4v) is 4.80. The Balaban J connectivity index is 2.26. The lowest BCUT2D eigenvalue weighted by molar-refractivity contribution is 0.0808. The fourth-order valence-electron chi connectivity index (χ4n) is 2.40. The van der Waals surface area contributed by atoms with Crippen molar-refractivity contribution in [2.24, 2.45) is 0 Å². The summed E-state index contributed by atoms with van der Waals surface area (Å²) >= 11 is 3.32. The molecule has 1 heterocycles. The fraction of sp³-hybridized carbons (Fsp3) is 0.571. The largest absolute Gasteiger partial charge is 0.380 e. The van der Waals surface area contributed by atoms with Crippen LogP contribution in [0, 0.1) is 0 Å². The molecule has 2 atom stereocenters. The average Bonchev–Trinajstić information content (AvgIpc) is 2.45. The van der Waals surface area contributed by atoms with Crippen LogP contribution in [0.15, 0.2) is 33.6 Å². The van der Waals surface area contributed by atoms with Crippen molar-refractivity contribution in [3.05, 3.63) is 28.7 Å². The Labute approximate surface area is 129 Å². The van der Waals surface area contributed by atoms with Gasteiger partial charge in [-0.25, -0.2) is 8.42 Å². The summed E-state index contributed by atoms with van der Waals surface area (Å²) < 4.78 is 31.7. The minimum Gasteiger partial charge on any atom is -0.380 e. The number of benzene rings is 1. The topological polar surface area (TPSA) is 55.4 Å². The van der Waals surface area contributed by atoms with Crippen LogP contribution >= 0.6 is 15.9 Å². The molecule has 1 saturated heterocycles. The lowest BCUT2D eigenvalue weighted by atomic mass is 10.1. The van der Waals surface area contributed by atoms with Gasteiger partial charge in [0.25, 0.3) is 0 Å². The van der Waals surface area contributed by atoms with Crippen molar-refractivity contribution in [3.63, 3.8) is 0 Å². The molecule has 4 nitrogen and oxygen atoms in total. The monoisotopic (exact) mass is 361 g/mol. The first-order valence-corrected chi connectivity index (χ1v) is 9.20. The minimum absolute atomic E-state index is 0.0346. The molecule has 6 heteroatoms. The van der Waals surface area contributed by atoms with E-state index in [-0.39, 0.29) is 12.6 Å². The molecular formula is C14H20BrNO3S. The molecule has 0 amide bonds. The number of sulfone groups is 1. The van der Waals surface area contributed by atoms with Crippen molar-refractivity contribution >= 4 is 25.8 Å². The van der Waals surface area contributed by atoms with E-state index in [2.05, 4.69) is 28.2 Å². The molecule has 0 radical (unpaired) electrons. The van der Waals surface area contributed by atoms with Gasteiger partial charge in [-0.2, -0.15) is 0 Å². The van der Waals surface area contributed by atoms with Crippen LogP contribution in [0.25, 0.3) is 0 Å². The number of halogens is 1. The van der Waals surface area contributed by atoms with Crippen molar-refractivity contribution in [1.29, 1.82) is 0 Å². The van der Waals surface area contributed by atoms with Gasteiger partial charge in [0.2, 0.25) is 0 Å². The second-order valence-corrected chi connectivity index (χ2v) is 8.05. The summed E-state index contributed by atoms with van der Waals surface area (Å²) in [5.74, 6) is 0. The first kappa shape index (κ1) is 15.9. The van der Waals surface area contributed by atoms with E-state index in [1.54, 1.807) is 18.2 Å². The van der Waals surface area contributed by atoms with Gasteiger partial charge in [0.1, 0.15) is 5.25 Å². The Morgan fingerprint density at radius 2 is 2.25 bits per heavy atom. The third-order valence-electron chi connectivity index (χ3n) is 3.48. The lowest BCUT2D eigenvalue weighted by Gasteiger charge is -2.32. The van der Waals surface area contributed by atoms with Gasteiger partial charge in [0.05, 0.1) is 11.5 Å². The van der Waals surface area contributed by atoms with Crippen molar-refractivity contribution in [1.82, 2.24) is 5.32 Å². The predicted molar refractivity (Wildman–Crippen MR) is 82.6 cm³/mol. The molecule has 0 aromatic heterocycles. The summed E-state index contributed by atoms with van der Waals surface area (Å²) in [4.78, 5) is 0.352. The molecule has 2 unspecified atom stereocenters. The quantitative estimate of drug-likeness (QED) is 0.874. The average molecular weight is 362 g/mol. The zero-order valence-corrected chi connectivity index (χ0v) is 13.9. The molecule has 112 valence electrons. The van der Waals surface area contributed by atoms with Crippen LogP contribution in [0.4, 0.5) is 0 Å². The Kier molecular flexibility index (Phi) is 5.60. The van der Waals surface area contributed by atoms with Gasteiger partial charge in [-0.1, -0.05) is 28.9 Å². The van der Waals surface area contributed by atoms with E-state index < -0.39 is 15.1 Å². The van der Waals surface area contributed by atoms with E-state index in [4.69, 9.17) is 4.74 Å². The molecule has 0 saturated carbocycles. The van der Waals surface area contributed by atoms with Crippen LogP contribution in [0.2, 0.25) is 0 Å². The summed E-state index contributed by atoms with van der Waals surface area (Å²) in [6.07, 6.45) is 1.72. The summed E-state index contributed by atoms with van der Waals surface area (Å²) in [5, 5.41) is 2.82. The second-order valence-electron chi connectivity index (χ2n) is 4.97. The van der Waals surface area contributed by atoms with Gasteiger partial charge >= 0.3 is 0 Å². The highest BCUT2D eigenvalue weighted by atomic mass is 79.9. The van der Waals surface area contributed by atoms with Crippen LogP contribution in [0.1, 0.15) is 19.8 Å². The van der Waals surface area contributed by atoms with Gasteiger partial charge in [0, 0.05) is 17.1 Å². The van der Waals surface area contributed by atoms with E-state index >= 15 is 0 Å². The Morgan fingerprint density at radius 1 is 1.45 bits per heavy atom. The standard InChI is InChI=1S/C14H20BrNO3S/c1-2-7-16-13-6-8-19-10-14(13)20(17,18)12-5-3-4-11(15)9-12/h3-5,9,13-14,16H,2,6-8,10H2,1H3. The zero-order chi connectivity index (χ0) is 14.6. The van der Waals surface area contributed by atoms with Crippen molar-refractivity contribution in [2.75, 3.05) is 19.8 Å². The van der Waals surface area contributed by atoms with Crippen LogP contribution in [-0.4, -0.2) is 39.5 Å². The smallest absolute Gasteiger partial charge is 0.185 e. The molecule has 1 aromatic rings. The molecule has 1 aliphatic rings. The maximum absolute atomic E-state index is 12.8. The highest BCUT2D eigenvalue weighted by molar-refractivity contribution is 9.10. The molecule has 1 fully saturated rings. The van der Waals surface area contributed by atoms with Crippen LogP contribution in [0.3, 0.4) is 0 Å². The van der Waals surface area contributed by atoms with Crippen LogP contribution in [0.5, 0.6) is 0 Å². The van der Waals surface area contributed by atoms with E-state index in [1.807, 2.05) is 6.07 Å². The summed E-state index contributed by atoms with van der Waals surface area (Å²) in [5.41, 5.74) is 0. The molecule has 0 spiro atoms. The maximum Gasteiger partial charge on any atom is 0.185 e. The van der Waals surface area contributed by atoms with Gasteiger partial charge in [-0.15, -0.1) is 0 Å². The number of hydrogen-bond acceptors (Lipinski definition) is 4. The van der Waals surface area contributed by atoms with Gasteiger partial charge in [-0.05, 0) is 37.6 Å². The Morgan fingerprint density at radius 3 is 2.95 bits per heavy atom. The molecule has 20 heavy (non-hydrogen) atoms. The normalized spacial score (nSPS) is 23.7.